The van der Waals surface area contributed by atoms with Crippen LogP contribution in [-0.2, 0) is 4.79 Å². The van der Waals surface area contributed by atoms with Crippen LogP contribution in [-0.4, -0.2) is 11.6 Å². The van der Waals surface area contributed by atoms with Gasteiger partial charge < -0.3 is 0 Å². The Bertz CT molecular complexity index is 496. The minimum absolute atomic E-state index is 0.0280. The van der Waals surface area contributed by atoms with E-state index >= 15 is 0 Å². The summed E-state index contributed by atoms with van der Waals surface area (Å²) < 4.78 is 13.0. The largest absolute Gasteiger partial charge is 0.272 e. The van der Waals surface area contributed by atoms with E-state index in [0.29, 0.717) is 11.3 Å². The van der Waals surface area contributed by atoms with E-state index in [-0.39, 0.29) is 17.6 Å². The van der Waals surface area contributed by atoms with E-state index in [1.165, 1.54) is 17.1 Å². The first kappa shape index (κ1) is 11.8. The zero-order chi connectivity index (χ0) is 12.6. The van der Waals surface area contributed by atoms with Crippen molar-refractivity contribution in [2.45, 2.75) is 27.2 Å². The van der Waals surface area contributed by atoms with Gasteiger partial charge in [-0.1, -0.05) is 6.92 Å². The third-order valence-electron chi connectivity index (χ3n) is 3.06. The van der Waals surface area contributed by atoms with Gasteiger partial charge in [0.15, 0.2) is 0 Å². The molecule has 0 radical (unpaired) electrons. The molecule has 0 saturated carbocycles. The summed E-state index contributed by atoms with van der Waals surface area (Å²) in [4.78, 5) is 12.1. The van der Waals surface area contributed by atoms with Gasteiger partial charge in [-0.05, 0) is 44.0 Å². The molecule has 0 fully saturated rings. The lowest BCUT2D eigenvalue weighted by molar-refractivity contribution is -0.119. The molecule has 2 rings (SSSR count). The summed E-state index contributed by atoms with van der Waals surface area (Å²) in [6, 6.07) is 4.35. The first-order valence-corrected chi connectivity index (χ1v) is 5.69. The lowest BCUT2D eigenvalue weighted by Gasteiger charge is -2.15. The number of hydrogen-bond acceptors (Lipinski definition) is 2. The van der Waals surface area contributed by atoms with Crippen molar-refractivity contribution in [2.24, 2.45) is 11.0 Å². The Hall–Kier alpha value is -1.71. The van der Waals surface area contributed by atoms with Gasteiger partial charge in [-0.15, -0.1) is 0 Å². The van der Waals surface area contributed by atoms with E-state index in [1.807, 2.05) is 13.8 Å². The second-order valence-electron chi connectivity index (χ2n) is 4.28. The molecule has 0 aliphatic carbocycles. The highest BCUT2D eigenvalue weighted by Crippen LogP contribution is 2.28. The molecule has 0 bridgehead atoms. The lowest BCUT2D eigenvalue weighted by Crippen LogP contribution is -2.27. The summed E-state index contributed by atoms with van der Waals surface area (Å²) in [5.41, 5.74) is 2.19. The molecule has 3 nitrogen and oxygen atoms in total. The second-order valence-corrected chi connectivity index (χ2v) is 4.28. The Balaban J connectivity index is 2.39. The van der Waals surface area contributed by atoms with Crippen LogP contribution >= 0.6 is 0 Å². The van der Waals surface area contributed by atoms with Gasteiger partial charge in [0.1, 0.15) is 5.82 Å². The summed E-state index contributed by atoms with van der Waals surface area (Å²) in [5.74, 6) is -0.468. The topological polar surface area (TPSA) is 32.7 Å². The highest BCUT2D eigenvalue weighted by molar-refractivity contribution is 6.14. The molecule has 1 aromatic carbocycles. The molecular weight excluding hydrogens is 219 g/mol. The number of amides is 1. The van der Waals surface area contributed by atoms with Gasteiger partial charge in [-0.25, -0.2) is 4.39 Å². The third kappa shape index (κ3) is 1.95. The molecule has 0 aromatic heterocycles. The van der Waals surface area contributed by atoms with Crippen LogP contribution in [0.25, 0.3) is 0 Å². The van der Waals surface area contributed by atoms with Crippen LogP contribution in [0.5, 0.6) is 0 Å². The SMILES string of the molecule is CCC1C(=O)N(c2ccc(F)cc2C)N=C1C. The standard InChI is InChI=1S/C13H15FN2O/c1-4-11-9(3)15-16(13(11)17)12-6-5-10(14)7-8(12)2/h5-7,11H,4H2,1-3H3. The van der Waals surface area contributed by atoms with E-state index in [4.69, 9.17) is 0 Å². The highest BCUT2D eigenvalue weighted by Gasteiger charge is 2.33. The number of anilines is 1. The van der Waals surface area contributed by atoms with Crippen LogP contribution in [0.3, 0.4) is 0 Å². The quantitative estimate of drug-likeness (QED) is 0.774. The predicted molar refractivity (Wildman–Crippen MR) is 65.5 cm³/mol. The van der Waals surface area contributed by atoms with Crippen LogP contribution in [0.2, 0.25) is 0 Å². The monoisotopic (exact) mass is 234 g/mol. The molecule has 90 valence electrons. The van der Waals surface area contributed by atoms with Crippen molar-refractivity contribution in [2.75, 3.05) is 5.01 Å². The zero-order valence-electron chi connectivity index (χ0n) is 10.2. The second kappa shape index (κ2) is 4.28. The van der Waals surface area contributed by atoms with Gasteiger partial charge in [0.05, 0.1) is 11.6 Å². The summed E-state index contributed by atoms with van der Waals surface area (Å²) in [6.07, 6.45) is 0.741. The Morgan fingerprint density at radius 1 is 1.41 bits per heavy atom. The van der Waals surface area contributed by atoms with Crippen molar-refractivity contribution in [3.63, 3.8) is 0 Å². The van der Waals surface area contributed by atoms with Gasteiger partial charge in [-0.3, -0.25) is 4.79 Å². The molecule has 1 aliphatic heterocycles. The molecule has 1 heterocycles. The number of carbonyl (C=O) groups is 1. The maximum atomic E-state index is 13.0. The van der Waals surface area contributed by atoms with Gasteiger partial charge in [0.2, 0.25) is 0 Å². The van der Waals surface area contributed by atoms with Gasteiger partial charge >= 0.3 is 0 Å². The fraction of sp³-hybridized carbons (Fsp3) is 0.385. The van der Waals surface area contributed by atoms with Crippen molar-refractivity contribution in [1.82, 2.24) is 0 Å². The maximum Gasteiger partial charge on any atom is 0.256 e. The first-order valence-electron chi connectivity index (χ1n) is 5.69. The molecule has 0 N–H and O–H groups in total. The number of halogens is 1. The summed E-state index contributed by atoms with van der Waals surface area (Å²) in [5, 5.41) is 5.65. The van der Waals surface area contributed by atoms with Gasteiger partial charge in [0.25, 0.3) is 5.91 Å². The number of benzene rings is 1. The molecule has 1 atom stereocenters. The highest BCUT2D eigenvalue weighted by atomic mass is 19.1. The summed E-state index contributed by atoms with van der Waals surface area (Å²) in [6.45, 7) is 5.59. The smallest absolute Gasteiger partial charge is 0.256 e. The van der Waals surface area contributed by atoms with E-state index in [0.717, 1.165) is 12.1 Å². The molecule has 17 heavy (non-hydrogen) atoms. The third-order valence-corrected chi connectivity index (χ3v) is 3.06. The van der Waals surface area contributed by atoms with Crippen molar-refractivity contribution in [3.05, 3.63) is 29.6 Å². The number of hydrazone groups is 1. The van der Waals surface area contributed by atoms with Crippen molar-refractivity contribution < 1.29 is 9.18 Å². The Labute approximate surface area is 99.9 Å². The number of hydrogen-bond donors (Lipinski definition) is 0. The van der Waals surface area contributed by atoms with Crippen LogP contribution in [0, 0.1) is 18.7 Å². The summed E-state index contributed by atoms with van der Waals surface area (Å²) in [7, 11) is 0. The number of nitrogens with zero attached hydrogens (tertiary/aromatic N) is 2. The average molecular weight is 234 g/mol. The van der Waals surface area contributed by atoms with Crippen LogP contribution in [0.1, 0.15) is 25.8 Å². The zero-order valence-corrected chi connectivity index (χ0v) is 10.2. The molecule has 1 aliphatic rings. The number of rotatable bonds is 2. The van der Waals surface area contributed by atoms with E-state index in [2.05, 4.69) is 5.10 Å². The lowest BCUT2D eigenvalue weighted by atomic mass is 10.0. The van der Waals surface area contributed by atoms with Crippen LogP contribution in [0.4, 0.5) is 10.1 Å². The van der Waals surface area contributed by atoms with Gasteiger partial charge in [-0.2, -0.15) is 10.1 Å². The Kier molecular flexibility index (Phi) is 2.96. The Morgan fingerprint density at radius 3 is 2.65 bits per heavy atom. The van der Waals surface area contributed by atoms with E-state index in [9.17, 15) is 9.18 Å². The molecule has 1 amide bonds. The molecule has 1 unspecified atom stereocenters. The van der Waals surface area contributed by atoms with Gasteiger partial charge in [0, 0.05) is 5.71 Å². The first-order chi connectivity index (χ1) is 8.04. The predicted octanol–water partition coefficient (Wildman–Crippen LogP) is 2.88. The molecular formula is C13H15FN2O. The van der Waals surface area contributed by atoms with Crippen molar-refractivity contribution in [3.8, 4) is 0 Å². The molecule has 0 spiro atoms. The molecule has 1 aromatic rings. The normalized spacial score (nSPS) is 19.8. The average Bonchev–Trinajstić information content (AvgIpc) is 2.54. The van der Waals surface area contributed by atoms with Crippen LogP contribution in [0.15, 0.2) is 23.3 Å². The molecule has 4 heteroatoms. The number of aryl methyl sites for hydroxylation is 1. The van der Waals surface area contributed by atoms with E-state index < -0.39 is 0 Å². The van der Waals surface area contributed by atoms with Crippen molar-refractivity contribution in [1.29, 1.82) is 0 Å². The Morgan fingerprint density at radius 2 is 2.12 bits per heavy atom. The fourth-order valence-electron chi connectivity index (χ4n) is 2.10. The number of carbonyl (C=O) groups excluding carboxylic acids is 1. The van der Waals surface area contributed by atoms with E-state index in [1.54, 1.807) is 13.0 Å². The van der Waals surface area contributed by atoms with Crippen molar-refractivity contribution >= 4 is 17.3 Å². The minimum atomic E-state index is -0.300. The summed E-state index contributed by atoms with van der Waals surface area (Å²) >= 11 is 0. The van der Waals surface area contributed by atoms with Crippen LogP contribution < -0.4 is 5.01 Å². The maximum absolute atomic E-state index is 13.0. The fourth-order valence-corrected chi connectivity index (χ4v) is 2.10. The minimum Gasteiger partial charge on any atom is -0.272 e. The molecule has 0 saturated heterocycles.